The molecule has 0 aromatic heterocycles. The molecule has 0 saturated heterocycles. The van der Waals surface area contributed by atoms with Gasteiger partial charge in [0.15, 0.2) is 9.84 Å². The molecular weight excluding hydrogens is 294 g/mol. The van der Waals surface area contributed by atoms with Crippen molar-refractivity contribution in [1.29, 1.82) is 0 Å². The summed E-state index contributed by atoms with van der Waals surface area (Å²) in [7, 11) is -1.66. The number of rotatable bonds is 7. The van der Waals surface area contributed by atoms with Crippen molar-refractivity contribution in [2.45, 2.75) is 24.8 Å². The Hall–Kier alpha value is -1.67. The summed E-state index contributed by atoms with van der Waals surface area (Å²) in [5.41, 5.74) is 0.153. The van der Waals surface area contributed by atoms with Crippen LogP contribution in [0.15, 0.2) is 23.1 Å². The summed E-state index contributed by atoms with van der Waals surface area (Å²) < 4.78 is 23.3. The third kappa shape index (κ3) is 4.98. The molecule has 0 heterocycles. The van der Waals surface area contributed by atoms with Crippen LogP contribution in [0.4, 0.5) is 11.4 Å². The van der Waals surface area contributed by atoms with Crippen LogP contribution in [0.5, 0.6) is 0 Å². The molecule has 0 spiro atoms. The minimum atomic E-state index is -3.65. The van der Waals surface area contributed by atoms with Crippen molar-refractivity contribution in [3.8, 4) is 0 Å². The van der Waals surface area contributed by atoms with Gasteiger partial charge in [-0.15, -0.1) is 0 Å². The lowest BCUT2D eigenvalue weighted by Gasteiger charge is -2.21. The fourth-order valence-electron chi connectivity index (χ4n) is 1.71. The average molecular weight is 315 g/mol. The Morgan fingerprint density at radius 1 is 1.38 bits per heavy atom. The maximum Gasteiger partial charge on any atom is 0.288 e. The molecule has 21 heavy (non-hydrogen) atoms. The SMILES string of the molecule is CC(C)N(C)CCNc1ccc([N+](=O)[O-])c(S(C)(=O)=O)c1. The van der Waals surface area contributed by atoms with Crippen molar-refractivity contribution in [2.24, 2.45) is 0 Å². The minimum absolute atomic E-state index is 0.269. The standard InChI is InChI=1S/C13H21N3O4S/c1-10(2)15(3)8-7-14-11-5-6-12(16(17)18)13(9-11)21(4,19)20/h5-6,9-10,14H,7-8H2,1-4H3. The highest BCUT2D eigenvalue weighted by Crippen LogP contribution is 2.26. The quantitative estimate of drug-likeness (QED) is 0.608. The molecular formula is C13H21N3O4S. The molecule has 118 valence electrons. The number of nitro benzene ring substituents is 1. The Balaban J connectivity index is 2.89. The van der Waals surface area contributed by atoms with Crippen molar-refractivity contribution < 1.29 is 13.3 Å². The molecule has 0 amide bonds. The summed E-state index contributed by atoms with van der Waals surface area (Å²) >= 11 is 0. The monoisotopic (exact) mass is 315 g/mol. The molecule has 1 aromatic rings. The van der Waals surface area contributed by atoms with E-state index in [4.69, 9.17) is 0 Å². The van der Waals surface area contributed by atoms with Crippen molar-refractivity contribution >= 4 is 21.2 Å². The predicted octanol–water partition coefficient (Wildman–Crippen LogP) is 1.75. The van der Waals surface area contributed by atoms with E-state index in [2.05, 4.69) is 24.1 Å². The lowest BCUT2D eigenvalue weighted by Crippen LogP contribution is -2.31. The molecule has 0 radical (unpaired) electrons. The van der Waals surface area contributed by atoms with Gasteiger partial charge in [-0.05, 0) is 33.0 Å². The van der Waals surface area contributed by atoms with E-state index in [0.717, 1.165) is 12.8 Å². The van der Waals surface area contributed by atoms with E-state index in [1.807, 2.05) is 7.05 Å². The summed E-state index contributed by atoms with van der Waals surface area (Å²) in [5.74, 6) is 0. The fraction of sp³-hybridized carbons (Fsp3) is 0.538. The summed E-state index contributed by atoms with van der Waals surface area (Å²) in [6.07, 6.45) is 0.964. The van der Waals surface area contributed by atoms with E-state index in [0.29, 0.717) is 18.3 Å². The highest BCUT2D eigenvalue weighted by atomic mass is 32.2. The van der Waals surface area contributed by atoms with E-state index in [-0.39, 0.29) is 4.90 Å². The van der Waals surface area contributed by atoms with Gasteiger partial charge in [0.05, 0.1) is 4.92 Å². The Labute approximate surface area is 125 Å². The van der Waals surface area contributed by atoms with Crippen LogP contribution >= 0.6 is 0 Å². The molecule has 1 N–H and O–H groups in total. The van der Waals surface area contributed by atoms with Crippen LogP contribution < -0.4 is 5.32 Å². The Morgan fingerprint density at radius 2 is 2.00 bits per heavy atom. The molecule has 0 saturated carbocycles. The maximum absolute atomic E-state index is 11.6. The van der Waals surface area contributed by atoms with Crippen molar-refractivity contribution in [1.82, 2.24) is 4.90 Å². The predicted molar refractivity (Wildman–Crippen MR) is 82.5 cm³/mol. The molecule has 0 bridgehead atoms. The minimum Gasteiger partial charge on any atom is -0.384 e. The first-order valence-corrected chi connectivity index (χ1v) is 8.44. The summed E-state index contributed by atoms with van der Waals surface area (Å²) in [5, 5.41) is 14.0. The molecule has 7 nitrogen and oxygen atoms in total. The highest BCUT2D eigenvalue weighted by molar-refractivity contribution is 7.90. The Morgan fingerprint density at radius 3 is 2.48 bits per heavy atom. The number of likely N-dealkylation sites (N-methyl/N-ethyl adjacent to an activating group) is 1. The van der Waals surface area contributed by atoms with Crippen LogP contribution in [0, 0.1) is 10.1 Å². The molecule has 1 aromatic carbocycles. The fourth-order valence-corrected chi connectivity index (χ4v) is 2.57. The van der Waals surface area contributed by atoms with Gasteiger partial charge in [-0.2, -0.15) is 0 Å². The van der Waals surface area contributed by atoms with Crippen LogP contribution in [-0.2, 0) is 9.84 Å². The Bertz CT molecular complexity index is 614. The van der Waals surface area contributed by atoms with Crippen LogP contribution in [0.3, 0.4) is 0 Å². The van der Waals surface area contributed by atoms with Gasteiger partial charge in [0.1, 0.15) is 4.90 Å². The smallest absolute Gasteiger partial charge is 0.288 e. The van der Waals surface area contributed by atoms with E-state index >= 15 is 0 Å². The van der Waals surface area contributed by atoms with Crippen molar-refractivity contribution in [3.05, 3.63) is 28.3 Å². The second-order valence-electron chi connectivity index (χ2n) is 5.21. The zero-order valence-corrected chi connectivity index (χ0v) is 13.5. The van der Waals surface area contributed by atoms with Crippen LogP contribution in [0.25, 0.3) is 0 Å². The molecule has 0 unspecified atom stereocenters. The molecule has 0 atom stereocenters. The van der Waals surface area contributed by atoms with Crippen LogP contribution in [-0.4, -0.2) is 50.7 Å². The van der Waals surface area contributed by atoms with E-state index in [1.165, 1.54) is 18.2 Å². The number of anilines is 1. The lowest BCUT2D eigenvalue weighted by atomic mass is 10.2. The Kier molecular flexibility index (Phi) is 5.68. The number of benzene rings is 1. The average Bonchev–Trinajstić information content (AvgIpc) is 2.37. The normalized spacial score (nSPS) is 11.9. The zero-order valence-electron chi connectivity index (χ0n) is 12.7. The van der Waals surface area contributed by atoms with Gasteiger partial charge < -0.3 is 10.2 Å². The van der Waals surface area contributed by atoms with E-state index in [1.54, 1.807) is 0 Å². The van der Waals surface area contributed by atoms with Gasteiger partial charge in [-0.1, -0.05) is 0 Å². The topological polar surface area (TPSA) is 92.5 Å². The largest absolute Gasteiger partial charge is 0.384 e. The van der Waals surface area contributed by atoms with Crippen molar-refractivity contribution in [2.75, 3.05) is 31.7 Å². The lowest BCUT2D eigenvalue weighted by molar-refractivity contribution is -0.387. The third-order valence-corrected chi connectivity index (χ3v) is 4.36. The number of hydrogen-bond acceptors (Lipinski definition) is 6. The summed E-state index contributed by atoms with van der Waals surface area (Å²) in [6.45, 7) is 5.56. The van der Waals surface area contributed by atoms with Crippen LogP contribution in [0.1, 0.15) is 13.8 Å². The van der Waals surface area contributed by atoms with Gasteiger partial charge in [0, 0.05) is 37.1 Å². The van der Waals surface area contributed by atoms with E-state index < -0.39 is 20.4 Å². The molecule has 8 heteroatoms. The number of hydrogen-bond donors (Lipinski definition) is 1. The first-order valence-electron chi connectivity index (χ1n) is 6.55. The van der Waals surface area contributed by atoms with Gasteiger partial charge in [0.2, 0.25) is 0 Å². The van der Waals surface area contributed by atoms with Gasteiger partial charge in [0.25, 0.3) is 5.69 Å². The van der Waals surface area contributed by atoms with E-state index in [9.17, 15) is 18.5 Å². The maximum atomic E-state index is 11.6. The van der Waals surface area contributed by atoms with Crippen LogP contribution in [0.2, 0.25) is 0 Å². The molecule has 0 aliphatic carbocycles. The zero-order chi connectivity index (χ0) is 16.2. The molecule has 1 rings (SSSR count). The third-order valence-electron chi connectivity index (χ3n) is 3.23. The second kappa shape index (κ2) is 6.86. The van der Waals surface area contributed by atoms with Crippen molar-refractivity contribution in [3.63, 3.8) is 0 Å². The number of nitrogens with zero attached hydrogens (tertiary/aromatic N) is 2. The first kappa shape index (κ1) is 17.4. The van der Waals surface area contributed by atoms with Gasteiger partial charge in [-0.3, -0.25) is 10.1 Å². The second-order valence-corrected chi connectivity index (χ2v) is 7.20. The molecule has 0 fully saturated rings. The summed E-state index contributed by atoms with van der Waals surface area (Å²) in [4.78, 5) is 12.1. The molecule has 0 aliphatic rings. The number of sulfone groups is 1. The summed E-state index contributed by atoms with van der Waals surface area (Å²) in [6, 6.07) is 4.45. The highest BCUT2D eigenvalue weighted by Gasteiger charge is 2.22. The van der Waals surface area contributed by atoms with Gasteiger partial charge >= 0.3 is 0 Å². The molecule has 0 aliphatic heterocycles. The first-order chi connectivity index (χ1) is 9.62. The van der Waals surface area contributed by atoms with Gasteiger partial charge in [-0.25, -0.2) is 8.42 Å². The number of nitro groups is 1. The number of nitrogens with one attached hydrogen (secondary N) is 1.